The zero-order chi connectivity index (χ0) is 24.3. The number of hydrogen-bond acceptors (Lipinski definition) is 8. The van der Waals surface area contributed by atoms with Gasteiger partial charge in [-0.15, -0.1) is 0 Å². The van der Waals surface area contributed by atoms with Gasteiger partial charge in [0.15, 0.2) is 0 Å². The van der Waals surface area contributed by atoms with Crippen LogP contribution in [0.25, 0.3) is 0 Å². The van der Waals surface area contributed by atoms with E-state index >= 15 is 0 Å². The van der Waals surface area contributed by atoms with E-state index in [0.29, 0.717) is 5.56 Å². The molecule has 1 heterocycles. The summed E-state index contributed by atoms with van der Waals surface area (Å²) >= 11 is 12.2. The first-order valence-corrected chi connectivity index (χ1v) is 10.1. The average molecular weight is 483 g/mol. The number of carbonyl (C=O) groups is 2. The number of halogens is 2. The van der Waals surface area contributed by atoms with Gasteiger partial charge in [0.2, 0.25) is 0 Å². The summed E-state index contributed by atoms with van der Waals surface area (Å²) in [7, 11) is 2.27. The van der Waals surface area contributed by atoms with E-state index in [1.54, 1.807) is 30.3 Å². The molecule has 0 radical (unpaired) electrons. The second-order valence-electron chi connectivity index (χ2n) is 6.73. The zero-order valence-corrected chi connectivity index (χ0v) is 18.9. The molecular formula is C23H16Cl2N4O4. The fourth-order valence-corrected chi connectivity index (χ4v) is 3.90. The minimum Gasteiger partial charge on any atom is -0.466 e. The number of nitriles is 2. The predicted molar refractivity (Wildman–Crippen MR) is 121 cm³/mol. The van der Waals surface area contributed by atoms with Gasteiger partial charge in [-0.05, 0) is 17.7 Å². The van der Waals surface area contributed by atoms with E-state index in [4.69, 9.17) is 38.4 Å². The number of anilines is 1. The highest BCUT2D eigenvalue weighted by Crippen LogP contribution is 2.44. The monoisotopic (exact) mass is 482 g/mol. The number of benzene rings is 2. The summed E-state index contributed by atoms with van der Waals surface area (Å²) < 4.78 is 9.91. The normalized spacial score (nSPS) is 15.6. The molecule has 2 aromatic carbocycles. The van der Waals surface area contributed by atoms with Crippen LogP contribution in [0.15, 0.2) is 65.1 Å². The van der Waals surface area contributed by atoms with E-state index in [1.807, 2.05) is 12.1 Å². The molecule has 33 heavy (non-hydrogen) atoms. The molecule has 0 spiro atoms. The molecule has 8 nitrogen and oxygen atoms in total. The summed E-state index contributed by atoms with van der Waals surface area (Å²) in [5.74, 6) is -3.03. The van der Waals surface area contributed by atoms with Crippen LogP contribution in [0.5, 0.6) is 0 Å². The van der Waals surface area contributed by atoms with Crippen molar-refractivity contribution < 1.29 is 19.1 Å². The zero-order valence-electron chi connectivity index (χ0n) is 17.4. The molecular weight excluding hydrogens is 467 g/mol. The van der Waals surface area contributed by atoms with Gasteiger partial charge in [-0.2, -0.15) is 10.5 Å². The van der Waals surface area contributed by atoms with E-state index in [1.165, 1.54) is 12.1 Å². The van der Waals surface area contributed by atoms with Crippen LogP contribution in [0.3, 0.4) is 0 Å². The van der Waals surface area contributed by atoms with Crippen molar-refractivity contribution in [3.63, 3.8) is 0 Å². The first-order chi connectivity index (χ1) is 15.8. The van der Waals surface area contributed by atoms with Crippen LogP contribution < -0.4 is 10.6 Å². The highest BCUT2D eigenvalue weighted by molar-refractivity contribution is 6.42. The van der Waals surface area contributed by atoms with Crippen molar-refractivity contribution in [2.75, 3.05) is 19.1 Å². The fraction of sp³-hybridized carbons (Fsp3) is 0.130. The van der Waals surface area contributed by atoms with Gasteiger partial charge in [-0.25, -0.2) is 9.59 Å². The number of nitrogens with zero attached hydrogens (tertiary/aromatic N) is 3. The lowest BCUT2D eigenvalue weighted by Crippen LogP contribution is -2.41. The van der Waals surface area contributed by atoms with Crippen molar-refractivity contribution in [3.05, 3.63) is 86.3 Å². The van der Waals surface area contributed by atoms with Gasteiger partial charge in [0, 0.05) is 0 Å². The van der Waals surface area contributed by atoms with Gasteiger partial charge >= 0.3 is 11.9 Å². The summed E-state index contributed by atoms with van der Waals surface area (Å²) in [6, 6.07) is 15.1. The molecule has 2 aromatic rings. The van der Waals surface area contributed by atoms with Gasteiger partial charge in [-0.3, -0.25) is 4.90 Å². The topological polar surface area (TPSA) is 129 Å². The molecule has 0 fully saturated rings. The maximum absolute atomic E-state index is 13.0. The lowest BCUT2D eigenvalue weighted by atomic mass is 9.80. The number of nitrogens with two attached hydrogens (primary N) is 1. The van der Waals surface area contributed by atoms with Crippen molar-refractivity contribution in [2.45, 2.75) is 5.92 Å². The Hall–Kier alpha value is -3.98. The third-order valence-corrected chi connectivity index (χ3v) is 5.73. The van der Waals surface area contributed by atoms with E-state index in [-0.39, 0.29) is 44.0 Å². The third-order valence-electron chi connectivity index (χ3n) is 5.01. The minimum absolute atomic E-state index is 0.00609. The quantitative estimate of drug-likeness (QED) is 0.651. The molecule has 0 aliphatic carbocycles. The minimum atomic E-state index is -1.03. The number of carbonyl (C=O) groups excluding carboxylic acids is 2. The van der Waals surface area contributed by atoms with E-state index in [0.717, 1.165) is 19.1 Å². The molecule has 1 aliphatic rings. The summed E-state index contributed by atoms with van der Waals surface area (Å²) in [5, 5.41) is 19.9. The molecule has 2 N–H and O–H groups in total. The molecule has 0 amide bonds. The number of esters is 2. The van der Waals surface area contributed by atoms with Crippen molar-refractivity contribution in [3.8, 4) is 12.1 Å². The number of ether oxygens (including phenoxy) is 2. The maximum atomic E-state index is 13.0. The largest absolute Gasteiger partial charge is 0.466 e. The molecule has 1 atom stereocenters. The van der Waals surface area contributed by atoms with Crippen molar-refractivity contribution in [1.82, 2.24) is 0 Å². The first-order valence-electron chi connectivity index (χ1n) is 9.35. The SMILES string of the molecule is COC(=O)C1=C(C(=O)OC)N(c2cc(Cl)c(Cl)cc2C#N)C(N)=C(C#N)C1c1ccccc1. The van der Waals surface area contributed by atoms with Crippen LogP contribution in [0, 0.1) is 22.7 Å². The first kappa shape index (κ1) is 23.7. The molecule has 0 saturated carbocycles. The van der Waals surface area contributed by atoms with Gasteiger partial charge in [-0.1, -0.05) is 53.5 Å². The predicted octanol–water partition coefficient (Wildman–Crippen LogP) is 3.76. The number of methoxy groups -OCH3 is 2. The molecule has 10 heteroatoms. The third kappa shape index (κ3) is 4.10. The Morgan fingerprint density at radius 1 is 1.00 bits per heavy atom. The van der Waals surface area contributed by atoms with Crippen molar-refractivity contribution in [1.29, 1.82) is 10.5 Å². The second-order valence-corrected chi connectivity index (χ2v) is 7.54. The molecule has 1 unspecified atom stereocenters. The second kappa shape index (κ2) is 9.66. The summed E-state index contributed by atoms with van der Waals surface area (Å²) in [5.41, 5.74) is 6.41. The Bertz CT molecular complexity index is 1290. The van der Waals surface area contributed by atoms with Crippen LogP contribution in [0.1, 0.15) is 17.0 Å². The molecule has 166 valence electrons. The highest BCUT2D eigenvalue weighted by atomic mass is 35.5. The number of hydrogen-bond donors (Lipinski definition) is 1. The summed E-state index contributed by atoms with van der Waals surface area (Å²) in [6.07, 6.45) is 0. The number of allylic oxidation sites excluding steroid dienone is 1. The van der Waals surface area contributed by atoms with E-state index in [2.05, 4.69) is 0 Å². The Morgan fingerprint density at radius 3 is 2.15 bits per heavy atom. The van der Waals surface area contributed by atoms with Crippen molar-refractivity contribution in [2.24, 2.45) is 5.73 Å². The van der Waals surface area contributed by atoms with Crippen LogP contribution in [0.2, 0.25) is 10.0 Å². The van der Waals surface area contributed by atoms with Crippen molar-refractivity contribution >= 4 is 40.8 Å². The van der Waals surface area contributed by atoms with Gasteiger partial charge < -0.3 is 15.2 Å². The van der Waals surface area contributed by atoms with E-state index in [9.17, 15) is 20.1 Å². The lowest BCUT2D eigenvalue weighted by molar-refractivity contribution is -0.139. The van der Waals surface area contributed by atoms with Crippen LogP contribution in [0.4, 0.5) is 5.69 Å². The molecule has 0 saturated heterocycles. The fourth-order valence-electron chi connectivity index (χ4n) is 3.57. The van der Waals surface area contributed by atoms with E-state index < -0.39 is 17.9 Å². The molecule has 1 aliphatic heterocycles. The Morgan fingerprint density at radius 2 is 1.61 bits per heavy atom. The average Bonchev–Trinajstić information content (AvgIpc) is 2.84. The van der Waals surface area contributed by atoms with Gasteiger partial charge in [0.1, 0.15) is 17.6 Å². The number of rotatable bonds is 4. The highest BCUT2D eigenvalue weighted by Gasteiger charge is 2.43. The summed E-state index contributed by atoms with van der Waals surface area (Å²) in [4.78, 5) is 27.1. The Labute approximate surface area is 199 Å². The van der Waals surface area contributed by atoms with Crippen LogP contribution in [-0.4, -0.2) is 26.2 Å². The lowest BCUT2D eigenvalue weighted by Gasteiger charge is -2.36. The van der Waals surface area contributed by atoms with Gasteiger partial charge in [0.25, 0.3) is 0 Å². The Kier molecular flexibility index (Phi) is 6.93. The molecule has 0 bridgehead atoms. The smallest absolute Gasteiger partial charge is 0.355 e. The standard InChI is InChI=1S/C23H16Cl2N4O4/c1-32-22(30)19-18(12-6-4-3-5-7-12)14(11-27)21(28)29(20(19)23(31)33-2)17-9-16(25)15(24)8-13(17)10-26/h3-9,18H,28H2,1-2H3. The molecule has 3 rings (SSSR count). The molecule has 0 aromatic heterocycles. The Balaban J connectivity index is 2.49. The van der Waals surface area contributed by atoms with Crippen LogP contribution in [-0.2, 0) is 19.1 Å². The summed E-state index contributed by atoms with van der Waals surface area (Å²) in [6.45, 7) is 0. The van der Waals surface area contributed by atoms with Crippen LogP contribution >= 0.6 is 23.2 Å². The van der Waals surface area contributed by atoms with Gasteiger partial charge in [0.05, 0.1) is 58.6 Å². The maximum Gasteiger partial charge on any atom is 0.355 e.